The molecule has 4 aliphatic heterocycles. The van der Waals surface area contributed by atoms with E-state index in [1.807, 2.05) is 12.4 Å². The third-order valence-electron chi connectivity index (χ3n) is 7.92. The van der Waals surface area contributed by atoms with Crippen LogP contribution in [-0.2, 0) is 13.1 Å². The lowest BCUT2D eigenvalue weighted by atomic mass is 10.1. The average molecular weight is 512 g/mol. The Balaban J connectivity index is 1.26. The number of nitrogens with zero attached hydrogens (tertiary/aromatic N) is 4. The van der Waals surface area contributed by atoms with Gasteiger partial charge in [0.15, 0.2) is 0 Å². The molecule has 0 amide bonds. The van der Waals surface area contributed by atoms with Crippen LogP contribution in [0, 0.1) is 0 Å². The van der Waals surface area contributed by atoms with Gasteiger partial charge in [0.1, 0.15) is 0 Å². The second kappa shape index (κ2) is 10.5. The minimum absolute atomic E-state index is 0.754. The molecule has 0 saturated heterocycles. The molecular weight excluding hydrogens is 478 g/mol. The van der Waals surface area contributed by atoms with Crippen molar-refractivity contribution in [2.45, 2.75) is 25.9 Å². The Morgan fingerprint density at radius 2 is 0.974 bits per heavy atom. The van der Waals surface area contributed by atoms with Crippen LogP contribution in [0.3, 0.4) is 0 Å². The molecule has 6 aromatic rings. The zero-order chi connectivity index (χ0) is 26.0. The Bertz CT molecular complexity index is 1720. The van der Waals surface area contributed by atoms with Gasteiger partial charge < -0.3 is 14.5 Å². The fourth-order valence-corrected chi connectivity index (χ4v) is 6.08. The second-order valence-corrected chi connectivity index (χ2v) is 10.4. The summed E-state index contributed by atoms with van der Waals surface area (Å²) >= 11 is 0. The molecule has 0 unspecified atom stereocenters. The maximum absolute atomic E-state index is 4.67. The van der Waals surface area contributed by atoms with Crippen LogP contribution in [0.15, 0.2) is 94.9 Å². The molecule has 8 bridgehead atoms. The minimum Gasteiger partial charge on any atom is -0.340 e. The predicted molar refractivity (Wildman–Crippen MR) is 166 cm³/mol. The maximum atomic E-state index is 4.67. The summed E-state index contributed by atoms with van der Waals surface area (Å²) in [6.07, 6.45) is 6.24. The molecule has 39 heavy (non-hydrogen) atoms. The molecule has 2 aromatic heterocycles. The molecular formula is C34H33N5. The molecule has 0 fully saturated rings. The first-order valence-corrected chi connectivity index (χ1v) is 14.1. The van der Waals surface area contributed by atoms with Gasteiger partial charge in [-0.05, 0) is 60.4 Å². The summed E-state index contributed by atoms with van der Waals surface area (Å²) in [7, 11) is 0. The van der Waals surface area contributed by atoms with E-state index in [9.17, 15) is 0 Å². The number of fused-ring (bicyclic) bond motifs is 2. The fraction of sp³-hybridized carbons (Fsp3) is 0.235. The van der Waals surface area contributed by atoms with Gasteiger partial charge in [-0.2, -0.15) is 0 Å². The number of nitrogens with one attached hydrogen (secondary N) is 1. The number of rotatable bonds is 0. The van der Waals surface area contributed by atoms with Crippen LogP contribution >= 0.6 is 0 Å². The van der Waals surface area contributed by atoms with E-state index in [4.69, 9.17) is 0 Å². The van der Waals surface area contributed by atoms with Gasteiger partial charge in [0.25, 0.3) is 0 Å². The number of hydrogen-bond donors (Lipinski definition) is 1. The number of aromatic nitrogens is 2. The smallest absolute Gasteiger partial charge is 0.0514 e. The zero-order valence-corrected chi connectivity index (χ0v) is 22.2. The molecule has 6 heterocycles. The van der Waals surface area contributed by atoms with Crippen molar-refractivity contribution < 1.29 is 0 Å². The van der Waals surface area contributed by atoms with Crippen LogP contribution in [0.2, 0.25) is 0 Å². The van der Waals surface area contributed by atoms with Crippen molar-refractivity contribution in [3.8, 4) is 0 Å². The van der Waals surface area contributed by atoms with E-state index in [0.717, 1.165) is 63.2 Å². The Morgan fingerprint density at radius 1 is 0.513 bits per heavy atom. The third-order valence-corrected chi connectivity index (χ3v) is 7.92. The molecule has 194 valence electrons. The van der Waals surface area contributed by atoms with Gasteiger partial charge in [0, 0.05) is 82.2 Å². The highest BCUT2D eigenvalue weighted by molar-refractivity contribution is 6.10. The monoisotopic (exact) mass is 511 g/mol. The van der Waals surface area contributed by atoms with Crippen molar-refractivity contribution in [3.63, 3.8) is 0 Å². The van der Waals surface area contributed by atoms with Crippen LogP contribution < -0.4 is 5.32 Å². The highest BCUT2D eigenvalue weighted by Gasteiger charge is 2.13. The molecule has 10 rings (SSSR count). The summed E-state index contributed by atoms with van der Waals surface area (Å²) in [4.78, 5) is 9.34. The molecule has 4 aliphatic rings. The minimum atomic E-state index is 0.754. The Labute approximate surface area is 228 Å². The Kier molecular flexibility index (Phi) is 6.43. The average Bonchev–Trinajstić information content (AvgIpc) is 3.46. The van der Waals surface area contributed by atoms with Crippen molar-refractivity contribution in [3.05, 3.63) is 96.1 Å². The van der Waals surface area contributed by atoms with E-state index in [2.05, 4.69) is 109 Å². The topological polar surface area (TPSA) is 46.6 Å². The summed E-state index contributed by atoms with van der Waals surface area (Å²) in [5.41, 5.74) is 7.54. The molecule has 0 radical (unpaired) electrons. The molecule has 4 aromatic carbocycles. The highest BCUT2D eigenvalue weighted by Crippen LogP contribution is 2.32. The van der Waals surface area contributed by atoms with Crippen molar-refractivity contribution in [1.82, 2.24) is 14.5 Å². The van der Waals surface area contributed by atoms with Gasteiger partial charge in [0.2, 0.25) is 0 Å². The van der Waals surface area contributed by atoms with Crippen molar-refractivity contribution in [2.24, 2.45) is 9.98 Å². The quantitative estimate of drug-likeness (QED) is 0.239. The Hall–Kier alpha value is -4.22. The van der Waals surface area contributed by atoms with Crippen molar-refractivity contribution in [2.75, 3.05) is 26.2 Å². The first kappa shape index (κ1) is 23.9. The van der Waals surface area contributed by atoms with E-state index in [0.29, 0.717) is 0 Å². The molecule has 5 heteroatoms. The highest BCUT2D eigenvalue weighted by atomic mass is 15.0. The van der Waals surface area contributed by atoms with Gasteiger partial charge in [0.05, 0.1) is 13.1 Å². The first-order chi connectivity index (χ1) is 19.4. The lowest BCUT2D eigenvalue weighted by Gasteiger charge is -2.10. The summed E-state index contributed by atoms with van der Waals surface area (Å²) in [6.45, 7) is 5.20. The van der Waals surface area contributed by atoms with Gasteiger partial charge >= 0.3 is 0 Å². The van der Waals surface area contributed by atoms with Gasteiger partial charge in [-0.25, -0.2) is 0 Å². The largest absolute Gasteiger partial charge is 0.340 e. The molecule has 0 spiro atoms. The number of aryl methyl sites for hydroxylation is 2. The summed E-state index contributed by atoms with van der Waals surface area (Å²) < 4.78 is 5.00. The van der Waals surface area contributed by atoms with E-state index in [1.54, 1.807) is 0 Å². The molecule has 0 atom stereocenters. The Morgan fingerprint density at radius 3 is 1.49 bits per heavy atom. The summed E-state index contributed by atoms with van der Waals surface area (Å²) in [6, 6.07) is 31.1. The maximum Gasteiger partial charge on any atom is 0.0514 e. The van der Waals surface area contributed by atoms with Crippen LogP contribution in [0.1, 0.15) is 24.0 Å². The summed E-state index contributed by atoms with van der Waals surface area (Å²) in [5, 5.41) is 8.71. The van der Waals surface area contributed by atoms with Gasteiger partial charge in [-0.15, -0.1) is 0 Å². The molecule has 1 N–H and O–H groups in total. The van der Waals surface area contributed by atoms with Crippen LogP contribution in [0.4, 0.5) is 0 Å². The van der Waals surface area contributed by atoms with Crippen LogP contribution in [0.25, 0.3) is 43.6 Å². The third kappa shape index (κ3) is 4.53. The molecule has 0 saturated carbocycles. The normalized spacial score (nSPS) is 15.6. The van der Waals surface area contributed by atoms with E-state index < -0.39 is 0 Å². The summed E-state index contributed by atoms with van der Waals surface area (Å²) in [5.74, 6) is 0. The first-order valence-electron chi connectivity index (χ1n) is 14.1. The molecule has 5 nitrogen and oxygen atoms in total. The number of benzene rings is 4. The number of para-hydroxylation sites is 2. The van der Waals surface area contributed by atoms with Gasteiger partial charge in [-0.3, -0.25) is 9.98 Å². The fourth-order valence-electron chi connectivity index (χ4n) is 6.08. The lowest BCUT2D eigenvalue weighted by molar-refractivity contribution is 0.583. The number of aliphatic imine (C=N–C) groups is 2. The van der Waals surface area contributed by atoms with Crippen molar-refractivity contribution in [1.29, 1.82) is 0 Å². The van der Waals surface area contributed by atoms with E-state index >= 15 is 0 Å². The van der Waals surface area contributed by atoms with E-state index in [-0.39, 0.29) is 0 Å². The van der Waals surface area contributed by atoms with Gasteiger partial charge in [-0.1, -0.05) is 48.5 Å². The SMILES string of the molecule is C1=NCCNCCN=Cc2ccc3c(c2)c2ccccc2n3CCCCn2c3ccccc3c3cc1ccc32. The van der Waals surface area contributed by atoms with E-state index in [1.165, 1.54) is 43.6 Å². The van der Waals surface area contributed by atoms with Crippen LogP contribution in [0.5, 0.6) is 0 Å². The zero-order valence-electron chi connectivity index (χ0n) is 22.2. The predicted octanol–water partition coefficient (Wildman–Crippen LogP) is 6.82. The van der Waals surface area contributed by atoms with Crippen LogP contribution in [-0.4, -0.2) is 47.7 Å². The second-order valence-electron chi connectivity index (χ2n) is 10.4. The molecule has 0 aliphatic carbocycles. The lowest BCUT2D eigenvalue weighted by Crippen LogP contribution is -2.20. The van der Waals surface area contributed by atoms with Crippen molar-refractivity contribution >= 4 is 56.0 Å². The standard InChI is InChI=1S/C34H33N5/c1-3-9-31-27(7-1)29-21-25-11-13-33(29)38(31)19-5-6-20-39-32-10-4-2-8-28(32)30-22-26(12-14-34(30)39)24-37-18-16-35-15-17-36-23-25/h1-4,7-14,21-24,35H,5-6,15-20H2. The number of hydrogen-bond acceptors (Lipinski definition) is 3.